The molecule has 0 heterocycles. The first-order chi connectivity index (χ1) is 10.6. The van der Waals surface area contributed by atoms with Gasteiger partial charge in [0.2, 0.25) is 5.91 Å². The van der Waals surface area contributed by atoms with Gasteiger partial charge in [-0.2, -0.15) is 0 Å². The molecule has 0 aliphatic carbocycles. The highest BCUT2D eigenvalue weighted by Gasteiger charge is 2.08. The van der Waals surface area contributed by atoms with E-state index in [4.69, 9.17) is 15.2 Å². The molecule has 1 amide bonds. The second kappa shape index (κ2) is 7.21. The average molecular weight is 303 g/mol. The molecule has 0 spiro atoms. The zero-order valence-corrected chi connectivity index (χ0v) is 11.6. The molecule has 114 valence electrons. The SMILES string of the molecule is NC(=O)c1ccc(C(=O)OCCOc2ccccc2F)cc1. The molecule has 0 aliphatic heterocycles. The van der Waals surface area contributed by atoms with Gasteiger partial charge in [0.25, 0.3) is 0 Å². The number of ether oxygens (including phenoxy) is 2. The van der Waals surface area contributed by atoms with Gasteiger partial charge in [-0.3, -0.25) is 4.79 Å². The van der Waals surface area contributed by atoms with Gasteiger partial charge in [-0.15, -0.1) is 0 Å². The minimum Gasteiger partial charge on any atom is -0.487 e. The van der Waals surface area contributed by atoms with E-state index >= 15 is 0 Å². The molecule has 0 bridgehead atoms. The number of rotatable bonds is 6. The molecule has 5 nitrogen and oxygen atoms in total. The highest BCUT2D eigenvalue weighted by molar-refractivity contribution is 5.95. The third kappa shape index (κ3) is 4.05. The van der Waals surface area contributed by atoms with Crippen LogP contribution < -0.4 is 10.5 Å². The number of para-hydroxylation sites is 1. The van der Waals surface area contributed by atoms with Gasteiger partial charge >= 0.3 is 5.97 Å². The Balaban J connectivity index is 1.80. The largest absolute Gasteiger partial charge is 0.487 e. The Labute approximate surface area is 126 Å². The summed E-state index contributed by atoms with van der Waals surface area (Å²) < 4.78 is 23.4. The molecule has 2 N–H and O–H groups in total. The van der Waals surface area contributed by atoms with Crippen LogP contribution in [0.4, 0.5) is 4.39 Å². The number of nitrogens with two attached hydrogens (primary N) is 1. The fourth-order valence-electron chi connectivity index (χ4n) is 1.70. The van der Waals surface area contributed by atoms with Gasteiger partial charge in [-0.1, -0.05) is 12.1 Å². The summed E-state index contributed by atoms with van der Waals surface area (Å²) in [6, 6.07) is 11.7. The molecule has 6 heteroatoms. The van der Waals surface area contributed by atoms with Crippen LogP contribution in [0, 0.1) is 5.82 Å². The van der Waals surface area contributed by atoms with E-state index in [0.717, 1.165) is 0 Å². The first-order valence-corrected chi connectivity index (χ1v) is 6.52. The third-order valence-corrected chi connectivity index (χ3v) is 2.82. The maximum atomic E-state index is 13.3. The van der Waals surface area contributed by atoms with Crippen LogP contribution in [0.25, 0.3) is 0 Å². The van der Waals surface area contributed by atoms with Gasteiger partial charge in [0.1, 0.15) is 13.2 Å². The van der Waals surface area contributed by atoms with Gasteiger partial charge in [0.15, 0.2) is 11.6 Å². The standard InChI is InChI=1S/C16H14FNO4/c17-13-3-1-2-4-14(13)21-9-10-22-16(20)12-7-5-11(6-8-12)15(18)19/h1-8H,9-10H2,(H2,18,19). The Kier molecular flexibility index (Phi) is 5.08. The number of hydrogen-bond acceptors (Lipinski definition) is 4. The third-order valence-electron chi connectivity index (χ3n) is 2.82. The van der Waals surface area contributed by atoms with Gasteiger partial charge in [-0.05, 0) is 36.4 Å². The summed E-state index contributed by atoms with van der Waals surface area (Å²) in [4.78, 5) is 22.7. The zero-order valence-electron chi connectivity index (χ0n) is 11.6. The molecule has 0 unspecified atom stereocenters. The molecule has 0 fully saturated rings. The van der Waals surface area contributed by atoms with Crippen LogP contribution in [0.2, 0.25) is 0 Å². The summed E-state index contributed by atoms with van der Waals surface area (Å²) in [6.07, 6.45) is 0. The quantitative estimate of drug-likeness (QED) is 0.655. The molecule has 2 rings (SSSR count). The van der Waals surface area contributed by atoms with E-state index in [2.05, 4.69) is 0 Å². The van der Waals surface area contributed by atoms with E-state index in [-0.39, 0.29) is 24.5 Å². The van der Waals surface area contributed by atoms with Crippen LogP contribution in [0.1, 0.15) is 20.7 Å². The van der Waals surface area contributed by atoms with E-state index < -0.39 is 17.7 Å². The number of hydrogen-bond donors (Lipinski definition) is 1. The second-order valence-electron chi connectivity index (χ2n) is 4.36. The number of primary amides is 1. The smallest absolute Gasteiger partial charge is 0.338 e. The number of esters is 1. The van der Waals surface area contributed by atoms with Gasteiger partial charge < -0.3 is 15.2 Å². The lowest BCUT2D eigenvalue weighted by molar-refractivity contribution is 0.0448. The second-order valence-corrected chi connectivity index (χ2v) is 4.36. The van der Waals surface area contributed by atoms with Crippen LogP contribution in [-0.4, -0.2) is 25.1 Å². The van der Waals surface area contributed by atoms with Crippen molar-refractivity contribution in [2.45, 2.75) is 0 Å². The van der Waals surface area contributed by atoms with Crippen molar-refractivity contribution < 1.29 is 23.5 Å². The Morgan fingerprint density at radius 3 is 2.23 bits per heavy atom. The number of carbonyl (C=O) groups excluding carboxylic acids is 2. The average Bonchev–Trinajstić information content (AvgIpc) is 2.53. The highest BCUT2D eigenvalue weighted by Crippen LogP contribution is 2.15. The van der Waals surface area contributed by atoms with Gasteiger partial charge in [0, 0.05) is 5.56 Å². The Morgan fingerprint density at radius 2 is 1.59 bits per heavy atom. The number of carbonyl (C=O) groups is 2. The molecule has 22 heavy (non-hydrogen) atoms. The first-order valence-electron chi connectivity index (χ1n) is 6.52. The zero-order chi connectivity index (χ0) is 15.9. The van der Waals surface area contributed by atoms with Crippen LogP contribution >= 0.6 is 0 Å². The predicted octanol–water partition coefficient (Wildman–Crippen LogP) is 2.16. The van der Waals surface area contributed by atoms with E-state index in [1.807, 2.05) is 0 Å². The number of amides is 1. The summed E-state index contributed by atoms with van der Waals surface area (Å²) in [6.45, 7) is 0.0107. The highest BCUT2D eigenvalue weighted by atomic mass is 19.1. The number of benzene rings is 2. The predicted molar refractivity (Wildman–Crippen MR) is 77.1 cm³/mol. The molecule has 2 aromatic rings. The van der Waals surface area contributed by atoms with E-state index in [1.165, 1.54) is 36.4 Å². The molecule has 0 atom stereocenters. The van der Waals surface area contributed by atoms with Gasteiger partial charge in [-0.25, -0.2) is 9.18 Å². The van der Waals surface area contributed by atoms with E-state index in [1.54, 1.807) is 12.1 Å². The molecular weight excluding hydrogens is 289 g/mol. The van der Waals surface area contributed by atoms with Crippen LogP contribution in [0.15, 0.2) is 48.5 Å². The van der Waals surface area contributed by atoms with E-state index in [9.17, 15) is 14.0 Å². The summed E-state index contributed by atoms with van der Waals surface area (Å²) in [7, 11) is 0. The van der Waals surface area contributed by atoms with Crippen LogP contribution in [0.5, 0.6) is 5.75 Å². The van der Waals surface area contributed by atoms with Crippen molar-refractivity contribution >= 4 is 11.9 Å². The summed E-state index contributed by atoms with van der Waals surface area (Å²) in [5.74, 6) is -1.51. The lowest BCUT2D eigenvalue weighted by atomic mass is 10.1. The first kappa shape index (κ1) is 15.5. The van der Waals surface area contributed by atoms with E-state index in [0.29, 0.717) is 5.56 Å². The fourth-order valence-corrected chi connectivity index (χ4v) is 1.70. The lowest BCUT2D eigenvalue weighted by Crippen LogP contribution is -2.14. The monoisotopic (exact) mass is 303 g/mol. The Bertz CT molecular complexity index is 670. The van der Waals surface area contributed by atoms with Gasteiger partial charge in [0.05, 0.1) is 5.56 Å². The normalized spacial score (nSPS) is 10.0. The molecule has 0 aromatic heterocycles. The van der Waals surface area contributed by atoms with Crippen molar-refractivity contribution in [1.29, 1.82) is 0 Å². The number of halogens is 1. The Hall–Kier alpha value is -2.89. The minimum atomic E-state index is -0.571. The van der Waals surface area contributed by atoms with Crippen molar-refractivity contribution in [3.05, 3.63) is 65.5 Å². The van der Waals surface area contributed by atoms with Crippen molar-refractivity contribution in [3.8, 4) is 5.75 Å². The topological polar surface area (TPSA) is 78.6 Å². The van der Waals surface area contributed by atoms with Crippen LogP contribution in [-0.2, 0) is 4.74 Å². The molecule has 0 aliphatic rings. The summed E-state index contributed by atoms with van der Waals surface area (Å²) >= 11 is 0. The van der Waals surface area contributed by atoms with Crippen molar-refractivity contribution in [1.82, 2.24) is 0 Å². The Morgan fingerprint density at radius 1 is 0.955 bits per heavy atom. The lowest BCUT2D eigenvalue weighted by Gasteiger charge is -2.08. The maximum Gasteiger partial charge on any atom is 0.338 e. The maximum absolute atomic E-state index is 13.3. The molecule has 2 aromatic carbocycles. The minimum absolute atomic E-state index is 0.0231. The summed E-state index contributed by atoms with van der Waals surface area (Å²) in [5.41, 5.74) is 5.70. The van der Waals surface area contributed by atoms with Crippen molar-refractivity contribution in [2.24, 2.45) is 5.73 Å². The van der Waals surface area contributed by atoms with Crippen molar-refractivity contribution in [3.63, 3.8) is 0 Å². The fraction of sp³-hybridized carbons (Fsp3) is 0.125. The van der Waals surface area contributed by atoms with Crippen LogP contribution in [0.3, 0.4) is 0 Å². The molecule has 0 saturated carbocycles. The van der Waals surface area contributed by atoms with Crippen molar-refractivity contribution in [2.75, 3.05) is 13.2 Å². The molecule has 0 radical (unpaired) electrons. The molecular formula is C16H14FNO4. The molecule has 0 saturated heterocycles. The summed E-state index contributed by atoms with van der Waals surface area (Å²) in [5, 5.41) is 0.